The van der Waals surface area contributed by atoms with Gasteiger partial charge in [0.2, 0.25) is 5.91 Å². The lowest BCUT2D eigenvalue weighted by Crippen LogP contribution is -2.26. The van der Waals surface area contributed by atoms with Crippen molar-refractivity contribution < 1.29 is 22.5 Å². The summed E-state index contributed by atoms with van der Waals surface area (Å²) in [6.45, 7) is 2.12. The van der Waals surface area contributed by atoms with E-state index in [1.54, 1.807) is 20.0 Å². The van der Waals surface area contributed by atoms with Gasteiger partial charge in [-0.15, -0.1) is 0 Å². The van der Waals surface area contributed by atoms with Crippen LogP contribution >= 0.6 is 0 Å². The summed E-state index contributed by atoms with van der Waals surface area (Å²) in [4.78, 5) is 17.8. The lowest BCUT2D eigenvalue weighted by Gasteiger charge is -2.14. The summed E-state index contributed by atoms with van der Waals surface area (Å²) >= 11 is 0. The number of amides is 1. The molecule has 2 heterocycles. The molecule has 1 amide bonds. The average molecular weight is 361 g/mol. The lowest BCUT2D eigenvalue weighted by atomic mass is 10.2. The summed E-state index contributed by atoms with van der Waals surface area (Å²) in [5.41, 5.74) is 0.790. The number of nitrogens with zero attached hydrogens (tertiary/aromatic N) is 3. The van der Waals surface area contributed by atoms with Crippen LogP contribution in [0.3, 0.4) is 0 Å². The van der Waals surface area contributed by atoms with Gasteiger partial charge in [0.25, 0.3) is 0 Å². The van der Waals surface area contributed by atoms with E-state index in [1.807, 2.05) is 0 Å². The zero-order valence-electron chi connectivity index (χ0n) is 14.3. The van der Waals surface area contributed by atoms with Crippen molar-refractivity contribution in [1.82, 2.24) is 15.0 Å². The van der Waals surface area contributed by atoms with Crippen LogP contribution < -0.4 is 0 Å². The topological polar surface area (TPSA) is 72.4 Å². The van der Waals surface area contributed by atoms with E-state index in [4.69, 9.17) is 8.94 Å². The molecule has 3 rings (SSSR count). The number of benzene rings is 1. The predicted molar refractivity (Wildman–Crippen MR) is 87.9 cm³/mol. The van der Waals surface area contributed by atoms with E-state index in [-0.39, 0.29) is 30.1 Å². The first-order valence-electron chi connectivity index (χ1n) is 7.98. The zero-order valence-corrected chi connectivity index (χ0v) is 14.3. The third-order valence-corrected chi connectivity index (χ3v) is 3.80. The number of aryl methyl sites for hydroxylation is 2. The molecule has 136 valence electrons. The van der Waals surface area contributed by atoms with Crippen molar-refractivity contribution in [2.75, 3.05) is 7.05 Å². The maximum Gasteiger partial charge on any atom is 0.223 e. The Bertz CT molecular complexity index is 920. The van der Waals surface area contributed by atoms with Gasteiger partial charge in [0.1, 0.15) is 23.1 Å². The smallest absolute Gasteiger partial charge is 0.223 e. The molecule has 8 heteroatoms. The predicted octanol–water partition coefficient (Wildman–Crippen LogP) is 3.51. The SMILES string of the molecule is Cc1cc(CN(C)C(=O)CCc2ncc(-c3ccc(F)cc3F)o2)no1. The molecule has 6 nitrogen and oxygen atoms in total. The molecule has 0 aliphatic rings. The van der Waals surface area contributed by atoms with E-state index >= 15 is 0 Å². The van der Waals surface area contributed by atoms with Gasteiger partial charge in [-0.25, -0.2) is 13.8 Å². The monoisotopic (exact) mass is 361 g/mol. The molecular formula is C18H17F2N3O3. The molecular weight excluding hydrogens is 344 g/mol. The quantitative estimate of drug-likeness (QED) is 0.672. The number of rotatable bonds is 6. The van der Waals surface area contributed by atoms with Crippen LogP contribution in [0.25, 0.3) is 11.3 Å². The highest BCUT2D eigenvalue weighted by Crippen LogP contribution is 2.24. The summed E-state index contributed by atoms with van der Waals surface area (Å²) < 4.78 is 37.2. The van der Waals surface area contributed by atoms with Crippen LogP contribution in [-0.4, -0.2) is 28.0 Å². The molecule has 0 unspecified atom stereocenters. The Labute approximate surface area is 148 Å². The van der Waals surface area contributed by atoms with Gasteiger partial charge in [-0.2, -0.15) is 0 Å². The molecule has 3 aromatic rings. The maximum absolute atomic E-state index is 13.8. The van der Waals surface area contributed by atoms with Crippen molar-refractivity contribution in [3.63, 3.8) is 0 Å². The Morgan fingerprint density at radius 3 is 2.77 bits per heavy atom. The number of carbonyl (C=O) groups excluding carboxylic acids is 1. The van der Waals surface area contributed by atoms with E-state index in [0.717, 1.165) is 12.1 Å². The summed E-state index contributed by atoms with van der Waals surface area (Å²) in [6.07, 6.45) is 1.81. The molecule has 0 saturated heterocycles. The lowest BCUT2D eigenvalue weighted by molar-refractivity contribution is -0.130. The molecule has 0 N–H and O–H groups in total. The number of hydrogen-bond donors (Lipinski definition) is 0. The standard InChI is InChI=1S/C18H17F2N3O3/c1-11-7-13(22-26-11)10-23(2)18(24)6-5-17-21-9-16(25-17)14-4-3-12(19)8-15(14)20/h3-4,7-9H,5-6,10H2,1-2H3. The second-order valence-electron chi connectivity index (χ2n) is 5.92. The highest BCUT2D eigenvalue weighted by atomic mass is 19.1. The van der Waals surface area contributed by atoms with Crippen LogP contribution in [0.1, 0.15) is 23.8 Å². The summed E-state index contributed by atoms with van der Waals surface area (Å²) in [7, 11) is 1.67. The number of hydrogen-bond acceptors (Lipinski definition) is 5. The zero-order chi connectivity index (χ0) is 18.7. The number of aromatic nitrogens is 2. The fourth-order valence-electron chi connectivity index (χ4n) is 2.47. The first-order valence-corrected chi connectivity index (χ1v) is 7.98. The second-order valence-corrected chi connectivity index (χ2v) is 5.92. The third-order valence-electron chi connectivity index (χ3n) is 3.80. The first-order chi connectivity index (χ1) is 12.4. The number of oxazole rings is 1. The van der Waals surface area contributed by atoms with Crippen LogP contribution in [-0.2, 0) is 17.8 Å². The normalized spacial score (nSPS) is 10.9. The van der Waals surface area contributed by atoms with Crippen LogP contribution in [0.2, 0.25) is 0 Å². The van der Waals surface area contributed by atoms with Gasteiger partial charge >= 0.3 is 0 Å². The molecule has 1 aromatic carbocycles. The molecule has 0 aliphatic heterocycles. The van der Waals surface area contributed by atoms with Crippen molar-refractivity contribution in [3.8, 4) is 11.3 Å². The van der Waals surface area contributed by atoms with Gasteiger partial charge in [0.15, 0.2) is 11.7 Å². The number of halogens is 2. The van der Waals surface area contributed by atoms with Gasteiger partial charge in [-0.05, 0) is 19.1 Å². The first kappa shape index (κ1) is 17.8. The van der Waals surface area contributed by atoms with Gasteiger partial charge < -0.3 is 13.8 Å². The molecule has 0 radical (unpaired) electrons. The molecule has 0 saturated carbocycles. The van der Waals surface area contributed by atoms with Crippen molar-refractivity contribution in [2.24, 2.45) is 0 Å². The maximum atomic E-state index is 13.8. The van der Waals surface area contributed by atoms with E-state index in [1.165, 1.54) is 17.2 Å². The molecule has 0 fully saturated rings. The molecule has 0 bridgehead atoms. The number of carbonyl (C=O) groups is 1. The molecule has 0 atom stereocenters. The second kappa shape index (κ2) is 7.47. The summed E-state index contributed by atoms with van der Waals surface area (Å²) in [6, 6.07) is 4.97. The highest BCUT2D eigenvalue weighted by Gasteiger charge is 2.15. The Morgan fingerprint density at radius 2 is 2.08 bits per heavy atom. The minimum atomic E-state index is -0.730. The van der Waals surface area contributed by atoms with Crippen LogP contribution in [0.5, 0.6) is 0 Å². The average Bonchev–Trinajstić information content (AvgIpc) is 3.21. The fourth-order valence-corrected chi connectivity index (χ4v) is 2.47. The van der Waals surface area contributed by atoms with Crippen LogP contribution in [0.4, 0.5) is 8.78 Å². The van der Waals surface area contributed by atoms with Gasteiger partial charge in [0.05, 0.1) is 18.3 Å². The summed E-state index contributed by atoms with van der Waals surface area (Å²) in [5.74, 6) is -0.327. The van der Waals surface area contributed by atoms with E-state index < -0.39 is 11.6 Å². The summed E-state index contributed by atoms with van der Waals surface area (Å²) in [5, 5.41) is 3.85. The van der Waals surface area contributed by atoms with E-state index in [2.05, 4.69) is 10.1 Å². The van der Waals surface area contributed by atoms with E-state index in [0.29, 0.717) is 23.9 Å². The van der Waals surface area contributed by atoms with Crippen LogP contribution in [0, 0.1) is 18.6 Å². The molecule has 2 aromatic heterocycles. The van der Waals surface area contributed by atoms with Crippen molar-refractivity contribution >= 4 is 5.91 Å². The minimum absolute atomic E-state index is 0.113. The Kier molecular flexibility index (Phi) is 5.11. The minimum Gasteiger partial charge on any atom is -0.441 e. The molecule has 0 aliphatic carbocycles. The van der Waals surface area contributed by atoms with Crippen LogP contribution in [0.15, 0.2) is 39.4 Å². The Hall–Kier alpha value is -3.03. The Morgan fingerprint density at radius 1 is 1.27 bits per heavy atom. The fraction of sp³-hybridized carbons (Fsp3) is 0.278. The van der Waals surface area contributed by atoms with E-state index in [9.17, 15) is 13.6 Å². The Balaban J connectivity index is 1.58. The third kappa shape index (κ3) is 4.14. The van der Waals surface area contributed by atoms with Crippen molar-refractivity contribution in [2.45, 2.75) is 26.3 Å². The van der Waals surface area contributed by atoms with Gasteiger partial charge in [-0.1, -0.05) is 5.16 Å². The van der Waals surface area contributed by atoms with Gasteiger partial charge in [-0.3, -0.25) is 4.79 Å². The van der Waals surface area contributed by atoms with Gasteiger partial charge in [0, 0.05) is 32.0 Å². The molecule has 26 heavy (non-hydrogen) atoms. The van der Waals surface area contributed by atoms with Crippen molar-refractivity contribution in [1.29, 1.82) is 0 Å². The largest absolute Gasteiger partial charge is 0.441 e. The highest BCUT2D eigenvalue weighted by molar-refractivity contribution is 5.76. The molecule has 0 spiro atoms. The van der Waals surface area contributed by atoms with Crippen molar-refractivity contribution in [3.05, 3.63) is 59.4 Å².